The van der Waals surface area contributed by atoms with Crippen molar-refractivity contribution in [1.29, 1.82) is 0 Å². The highest BCUT2D eigenvalue weighted by molar-refractivity contribution is 5.47. The zero-order chi connectivity index (χ0) is 12.0. The first-order valence-electron chi connectivity index (χ1n) is 5.88. The summed E-state index contributed by atoms with van der Waals surface area (Å²) in [5, 5.41) is 9.88. The van der Waals surface area contributed by atoms with E-state index in [1.807, 2.05) is 0 Å². The second-order valence-electron chi connectivity index (χ2n) is 4.14. The van der Waals surface area contributed by atoms with Gasteiger partial charge in [0.2, 0.25) is 0 Å². The predicted molar refractivity (Wildman–Crippen MR) is 64.5 cm³/mol. The minimum atomic E-state index is -0.646. The first kappa shape index (κ1) is 13.0. The molecular formula is C13H20FNO. The molecule has 0 amide bonds. The highest BCUT2D eigenvalue weighted by atomic mass is 19.1. The third-order valence-electron chi connectivity index (χ3n) is 2.74. The van der Waals surface area contributed by atoms with Crippen molar-refractivity contribution in [2.45, 2.75) is 45.1 Å². The molecule has 0 bridgehead atoms. The van der Waals surface area contributed by atoms with Crippen LogP contribution in [-0.2, 0) is 0 Å². The average Bonchev–Trinajstić information content (AvgIpc) is 2.27. The summed E-state index contributed by atoms with van der Waals surface area (Å²) in [7, 11) is 0. The lowest BCUT2D eigenvalue weighted by molar-refractivity contribution is 0.163. The van der Waals surface area contributed by atoms with Crippen molar-refractivity contribution in [3.63, 3.8) is 0 Å². The first-order chi connectivity index (χ1) is 7.65. The molecular weight excluding hydrogens is 205 g/mol. The van der Waals surface area contributed by atoms with Gasteiger partial charge >= 0.3 is 0 Å². The minimum absolute atomic E-state index is 0.350. The predicted octanol–water partition coefficient (Wildman–Crippen LogP) is 3.41. The molecule has 2 nitrogen and oxygen atoms in total. The third-order valence-corrected chi connectivity index (χ3v) is 2.74. The van der Waals surface area contributed by atoms with E-state index in [2.05, 4.69) is 6.92 Å². The lowest BCUT2D eigenvalue weighted by Crippen LogP contribution is -2.03. The van der Waals surface area contributed by atoms with E-state index >= 15 is 0 Å². The molecule has 90 valence electrons. The van der Waals surface area contributed by atoms with E-state index in [-0.39, 0.29) is 5.82 Å². The lowest BCUT2D eigenvalue weighted by atomic mass is 10.0. The summed E-state index contributed by atoms with van der Waals surface area (Å²) in [5.74, 6) is -0.350. The second kappa shape index (κ2) is 6.48. The molecule has 1 unspecified atom stereocenters. The number of nitrogen functional groups attached to an aromatic ring is 1. The molecule has 3 heteroatoms. The van der Waals surface area contributed by atoms with Crippen LogP contribution in [0.5, 0.6) is 0 Å². The number of aliphatic hydroxyl groups excluding tert-OH is 1. The van der Waals surface area contributed by atoms with Crippen molar-refractivity contribution >= 4 is 5.69 Å². The van der Waals surface area contributed by atoms with Crippen LogP contribution >= 0.6 is 0 Å². The molecule has 0 saturated carbocycles. The molecule has 1 aromatic rings. The molecule has 0 heterocycles. The van der Waals surface area contributed by atoms with Crippen LogP contribution in [0.4, 0.5) is 10.1 Å². The van der Waals surface area contributed by atoms with Gasteiger partial charge in [-0.1, -0.05) is 32.6 Å². The van der Waals surface area contributed by atoms with Crippen molar-refractivity contribution < 1.29 is 9.50 Å². The number of aliphatic hydroxyl groups is 1. The van der Waals surface area contributed by atoms with Gasteiger partial charge in [-0.15, -0.1) is 0 Å². The monoisotopic (exact) mass is 225 g/mol. The van der Waals surface area contributed by atoms with Gasteiger partial charge in [0.15, 0.2) is 0 Å². The van der Waals surface area contributed by atoms with Crippen LogP contribution in [0.1, 0.15) is 50.7 Å². The van der Waals surface area contributed by atoms with E-state index in [0.717, 1.165) is 19.3 Å². The number of unbranched alkanes of at least 4 members (excludes halogenated alkanes) is 3. The fraction of sp³-hybridized carbons (Fsp3) is 0.538. The van der Waals surface area contributed by atoms with Crippen LogP contribution in [0.2, 0.25) is 0 Å². The van der Waals surface area contributed by atoms with Crippen LogP contribution in [0, 0.1) is 5.82 Å². The van der Waals surface area contributed by atoms with Crippen molar-refractivity contribution in [2.75, 3.05) is 5.73 Å². The van der Waals surface area contributed by atoms with E-state index < -0.39 is 6.10 Å². The summed E-state index contributed by atoms with van der Waals surface area (Å²) in [6.07, 6.45) is 4.39. The van der Waals surface area contributed by atoms with Gasteiger partial charge in [0.05, 0.1) is 6.10 Å². The van der Waals surface area contributed by atoms with Crippen molar-refractivity contribution in [3.8, 4) is 0 Å². The average molecular weight is 225 g/mol. The smallest absolute Gasteiger partial charge is 0.123 e. The maximum atomic E-state index is 13.0. The normalized spacial score (nSPS) is 12.7. The summed E-state index contributed by atoms with van der Waals surface area (Å²) in [5.41, 5.74) is 6.67. The maximum absolute atomic E-state index is 13.0. The van der Waals surface area contributed by atoms with Gasteiger partial charge in [-0.05, 0) is 24.6 Å². The highest BCUT2D eigenvalue weighted by Gasteiger charge is 2.11. The fourth-order valence-electron chi connectivity index (χ4n) is 1.75. The second-order valence-corrected chi connectivity index (χ2v) is 4.14. The minimum Gasteiger partial charge on any atom is -0.398 e. The Morgan fingerprint density at radius 1 is 1.31 bits per heavy atom. The summed E-state index contributed by atoms with van der Waals surface area (Å²) in [6.45, 7) is 2.14. The van der Waals surface area contributed by atoms with E-state index in [9.17, 15) is 9.50 Å². The van der Waals surface area contributed by atoms with Gasteiger partial charge in [-0.25, -0.2) is 4.39 Å². The zero-order valence-corrected chi connectivity index (χ0v) is 9.75. The van der Waals surface area contributed by atoms with E-state index in [0.29, 0.717) is 17.7 Å². The third kappa shape index (κ3) is 3.81. The quantitative estimate of drug-likeness (QED) is 0.575. The van der Waals surface area contributed by atoms with E-state index in [1.54, 1.807) is 0 Å². The largest absolute Gasteiger partial charge is 0.398 e. The molecule has 0 aromatic heterocycles. The Kier molecular flexibility index (Phi) is 5.26. The molecule has 1 aromatic carbocycles. The van der Waals surface area contributed by atoms with E-state index in [4.69, 9.17) is 5.73 Å². The molecule has 0 fully saturated rings. The molecule has 0 aliphatic carbocycles. The van der Waals surface area contributed by atoms with Crippen molar-refractivity contribution in [3.05, 3.63) is 29.6 Å². The summed E-state index contributed by atoms with van der Waals surface area (Å²) in [6, 6.07) is 4.13. The number of hydrogen-bond acceptors (Lipinski definition) is 2. The topological polar surface area (TPSA) is 46.2 Å². The van der Waals surface area contributed by atoms with Crippen LogP contribution < -0.4 is 5.73 Å². The van der Waals surface area contributed by atoms with E-state index in [1.165, 1.54) is 24.6 Å². The first-order valence-corrected chi connectivity index (χ1v) is 5.88. The zero-order valence-electron chi connectivity index (χ0n) is 9.75. The number of nitrogens with two attached hydrogens (primary N) is 1. The van der Waals surface area contributed by atoms with Gasteiger partial charge in [0, 0.05) is 11.3 Å². The Hall–Kier alpha value is -1.09. The van der Waals surface area contributed by atoms with Gasteiger partial charge in [0.25, 0.3) is 0 Å². The van der Waals surface area contributed by atoms with Gasteiger partial charge in [-0.3, -0.25) is 0 Å². The van der Waals surface area contributed by atoms with Gasteiger partial charge < -0.3 is 10.8 Å². The van der Waals surface area contributed by atoms with Crippen molar-refractivity contribution in [1.82, 2.24) is 0 Å². The van der Waals surface area contributed by atoms with Crippen LogP contribution in [-0.4, -0.2) is 5.11 Å². The number of anilines is 1. The standard InChI is InChI=1S/C13H20FNO/c1-2-3-4-5-6-13(16)11-9-10(14)7-8-12(11)15/h7-9,13,16H,2-6,15H2,1H3. The molecule has 16 heavy (non-hydrogen) atoms. The molecule has 0 aliphatic rings. The molecule has 0 spiro atoms. The highest BCUT2D eigenvalue weighted by Crippen LogP contribution is 2.25. The Bertz CT molecular complexity index is 328. The molecule has 0 radical (unpaired) electrons. The number of hydrogen-bond donors (Lipinski definition) is 2. The molecule has 3 N–H and O–H groups in total. The molecule has 1 atom stereocenters. The summed E-state index contributed by atoms with van der Waals surface area (Å²) in [4.78, 5) is 0. The molecule has 0 aliphatic heterocycles. The SMILES string of the molecule is CCCCCCC(O)c1cc(F)ccc1N. The van der Waals surface area contributed by atoms with Crippen LogP contribution in [0.3, 0.4) is 0 Å². The Balaban J connectivity index is 2.51. The van der Waals surface area contributed by atoms with Gasteiger partial charge in [0.1, 0.15) is 5.82 Å². The molecule has 1 rings (SSSR count). The summed E-state index contributed by atoms with van der Waals surface area (Å²) < 4.78 is 13.0. The molecule has 0 saturated heterocycles. The fourth-order valence-corrected chi connectivity index (χ4v) is 1.75. The Morgan fingerprint density at radius 3 is 2.75 bits per heavy atom. The number of halogens is 1. The van der Waals surface area contributed by atoms with Crippen molar-refractivity contribution in [2.24, 2.45) is 0 Å². The lowest BCUT2D eigenvalue weighted by Gasteiger charge is -2.13. The summed E-state index contributed by atoms with van der Waals surface area (Å²) >= 11 is 0. The Labute approximate surface area is 96.3 Å². The number of benzene rings is 1. The number of rotatable bonds is 6. The van der Waals surface area contributed by atoms with Crippen LogP contribution in [0.15, 0.2) is 18.2 Å². The maximum Gasteiger partial charge on any atom is 0.123 e. The van der Waals surface area contributed by atoms with Gasteiger partial charge in [-0.2, -0.15) is 0 Å². The van der Waals surface area contributed by atoms with Crippen LogP contribution in [0.25, 0.3) is 0 Å². The Morgan fingerprint density at radius 2 is 2.06 bits per heavy atom.